The second kappa shape index (κ2) is 9.69. The predicted octanol–water partition coefficient (Wildman–Crippen LogP) is 3.97. The van der Waals surface area contributed by atoms with Crippen molar-refractivity contribution >= 4 is 23.1 Å². The number of nitro groups is 1. The number of rotatable bonds is 8. The lowest BCUT2D eigenvalue weighted by atomic mass is 9.94. The van der Waals surface area contributed by atoms with Crippen molar-refractivity contribution < 1.29 is 28.7 Å². The van der Waals surface area contributed by atoms with E-state index >= 15 is 0 Å². The van der Waals surface area contributed by atoms with Gasteiger partial charge in [-0.3, -0.25) is 19.7 Å². The van der Waals surface area contributed by atoms with E-state index in [1.54, 1.807) is 6.07 Å². The molecule has 32 heavy (non-hydrogen) atoms. The van der Waals surface area contributed by atoms with Crippen molar-refractivity contribution in [1.82, 2.24) is 4.90 Å². The third-order valence-corrected chi connectivity index (χ3v) is 5.06. The predicted molar refractivity (Wildman–Crippen MR) is 114 cm³/mol. The monoisotopic (exact) mass is 442 g/mol. The van der Waals surface area contributed by atoms with Crippen molar-refractivity contribution in [2.75, 3.05) is 13.2 Å². The number of hydrogen-bond donors (Lipinski definition) is 1. The lowest BCUT2D eigenvalue weighted by Crippen LogP contribution is -2.31. The van der Waals surface area contributed by atoms with E-state index in [0.29, 0.717) is 13.0 Å². The molecule has 8 nitrogen and oxygen atoms in total. The van der Waals surface area contributed by atoms with E-state index in [1.165, 1.54) is 41.3 Å². The number of non-ortho nitro benzene ring substituents is 1. The first-order valence-electron chi connectivity index (χ1n) is 10.1. The summed E-state index contributed by atoms with van der Waals surface area (Å²) in [6.07, 6.45) is 0.383. The fraction of sp³-hybridized carbons (Fsp3) is 0.304. The summed E-state index contributed by atoms with van der Waals surface area (Å²) < 4.78 is 20.2. The van der Waals surface area contributed by atoms with E-state index in [4.69, 9.17) is 4.74 Å². The molecule has 0 radical (unpaired) electrons. The molecule has 168 valence electrons. The van der Waals surface area contributed by atoms with E-state index in [-0.39, 0.29) is 35.0 Å². The summed E-state index contributed by atoms with van der Waals surface area (Å²) in [5.74, 6) is -3.10. The largest absolute Gasteiger partial charge is 0.507 e. The zero-order valence-corrected chi connectivity index (χ0v) is 17.7. The molecule has 1 N–H and O–H groups in total. The second-order valence-corrected chi connectivity index (χ2v) is 7.59. The third-order valence-electron chi connectivity index (χ3n) is 5.06. The summed E-state index contributed by atoms with van der Waals surface area (Å²) in [5, 5.41) is 22.0. The molecule has 0 bridgehead atoms. The highest BCUT2D eigenvalue weighted by molar-refractivity contribution is 6.46. The van der Waals surface area contributed by atoms with Crippen LogP contribution in [0.5, 0.6) is 0 Å². The van der Waals surface area contributed by atoms with Gasteiger partial charge in [0.15, 0.2) is 0 Å². The number of benzene rings is 2. The van der Waals surface area contributed by atoms with Crippen molar-refractivity contribution in [2.45, 2.75) is 32.4 Å². The van der Waals surface area contributed by atoms with E-state index in [9.17, 15) is 29.2 Å². The lowest BCUT2D eigenvalue weighted by Gasteiger charge is -2.25. The van der Waals surface area contributed by atoms with Crippen molar-refractivity contribution in [3.63, 3.8) is 0 Å². The summed E-state index contributed by atoms with van der Waals surface area (Å²) in [6, 6.07) is 9.56. The van der Waals surface area contributed by atoms with Crippen LogP contribution in [-0.2, 0) is 14.3 Å². The first kappa shape index (κ1) is 23.1. The molecule has 2 aromatic carbocycles. The number of amides is 1. The van der Waals surface area contributed by atoms with Crippen LogP contribution in [0.2, 0.25) is 0 Å². The van der Waals surface area contributed by atoms with Gasteiger partial charge in [0.1, 0.15) is 11.6 Å². The van der Waals surface area contributed by atoms with Crippen molar-refractivity contribution in [2.24, 2.45) is 0 Å². The molecule has 0 unspecified atom stereocenters. The Morgan fingerprint density at radius 2 is 1.94 bits per heavy atom. The van der Waals surface area contributed by atoms with Crippen molar-refractivity contribution in [1.29, 1.82) is 0 Å². The standard InChI is InChI=1S/C23H23FN2O6/c1-14(2)32-12-6-11-25-20(17-9-3-4-10-18(17)24)19(22(28)23(25)29)21(27)15-7-5-8-16(13-15)26(30)31/h3-5,7-10,13-14,20,27H,6,11-12H2,1-2H3/t20-/m1/s1. The van der Waals surface area contributed by atoms with Crippen LogP contribution in [0.3, 0.4) is 0 Å². The van der Waals surface area contributed by atoms with Crippen LogP contribution in [-0.4, -0.2) is 45.9 Å². The Morgan fingerprint density at radius 1 is 1.22 bits per heavy atom. The Kier molecular flexibility index (Phi) is 6.99. The minimum Gasteiger partial charge on any atom is -0.507 e. The van der Waals surface area contributed by atoms with E-state index < -0.39 is 34.2 Å². The summed E-state index contributed by atoms with van der Waals surface area (Å²) in [6.45, 7) is 4.16. The van der Waals surface area contributed by atoms with Crippen LogP contribution >= 0.6 is 0 Å². The SMILES string of the molecule is CC(C)OCCCN1C(=O)C(=O)C(=C(O)c2cccc([N+](=O)[O-])c2)[C@H]1c1ccccc1F. The number of aliphatic hydroxyl groups excluding tert-OH is 1. The average Bonchev–Trinajstić information content (AvgIpc) is 3.01. The van der Waals surface area contributed by atoms with Gasteiger partial charge < -0.3 is 14.7 Å². The Labute approximate surface area is 184 Å². The molecule has 0 spiro atoms. The zero-order chi connectivity index (χ0) is 23.4. The number of aliphatic hydroxyl groups is 1. The van der Waals surface area contributed by atoms with Crippen molar-refractivity contribution in [3.05, 3.63) is 81.2 Å². The number of hydrogen-bond acceptors (Lipinski definition) is 6. The molecule has 0 saturated carbocycles. The van der Waals surface area contributed by atoms with Gasteiger partial charge >= 0.3 is 0 Å². The van der Waals surface area contributed by atoms with Crippen LogP contribution in [0, 0.1) is 15.9 Å². The molecule has 1 aliphatic rings. The molecule has 1 aliphatic heterocycles. The van der Waals surface area contributed by atoms with Gasteiger partial charge in [-0.25, -0.2) is 4.39 Å². The summed E-state index contributed by atoms with van der Waals surface area (Å²) in [5.41, 5.74) is -0.577. The Bertz CT molecular complexity index is 1080. The number of ketones is 1. The van der Waals surface area contributed by atoms with Gasteiger partial charge in [0.25, 0.3) is 17.4 Å². The summed E-state index contributed by atoms with van der Waals surface area (Å²) >= 11 is 0. The Balaban J connectivity index is 2.08. The molecule has 2 aromatic rings. The maximum Gasteiger partial charge on any atom is 0.295 e. The van der Waals surface area contributed by atoms with Gasteiger partial charge in [-0.15, -0.1) is 0 Å². The maximum atomic E-state index is 14.7. The number of carbonyl (C=O) groups is 2. The molecule has 1 amide bonds. The number of Topliss-reactive ketones (excluding diaryl/α,β-unsaturated/α-hetero) is 1. The van der Waals surface area contributed by atoms with E-state index in [0.717, 1.165) is 6.07 Å². The minimum absolute atomic E-state index is 0.0123. The smallest absolute Gasteiger partial charge is 0.295 e. The number of carbonyl (C=O) groups excluding carboxylic acids is 2. The molecular formula is C23H23FN2O6. The Morgan fingerprint density at radius 3 is 2.59 bits per heavy atom. The first-order valence-corrected chi connectivity index (χ1v) is 10.1. The molecule has 9 heteroatoms. The topological polar surface area (TPSA) is 110 Å². The number of nitro benzene ring substituents is 1. The van der Waals surface area contributed by atoms with Crippen molar-refractivity contribution in [3.8, 4) is 0 Å². The van der Waals surface area contributed by atoms with Gasteiger partial charge in [-0.1, -0.05) is 30.3 Å². The molecule has 1 saturated heterocycles. The molecule has 1 atom stereocenters. The minimum atomic E-state index is -1.17. The normalized spacial score (nSPS) is 17.9. The zero-order valence-electron chi connectivity index (χ0n) is 17.7. The first-order chi connectivity index (χ1) is 15.2. The van der Waals surface area contributed by atoms with Gasteiger partial charge in [-0.05, 0) is 26.3 Å². The molecular weight excluding hydrogens is 419 g/mol. The highest BCUT2D eigenvalue weighted by Crippen LogP contribution is 2.40. The van der Waals surface area contributed by atoms with Crippen LogP contribution in [0.4, 0.5) is 10.1 Å². The van der Waals surface area contributed by atoms with E-state index in [1.807, 2.05) is 13.8 Å². The van der Waals surface area contributed by atoms with Gasteiger partial charge in [0.05, 0.1) is 22.6 Å². The van der Waals surface area contributed by atoms with Gasteiger partial charge in [-0.2, -0.15) is 0 Å². The number of ether oxygens (including phenoxy) is 1. The Hall–Kier alpha value is -3.59. The lowest BCUT2D eigenvalue weighted by molar-refractivity contribution is -0.384. The maximum absolute atomic E-state index is 14.7. The fourth-order valence-corrected chi connectivity index (χ4v) is 3.61. The molecule has 1 heterocycles. The molecule has 3 rings (SSSR count). The number of nitrogens with zero attached hydrogens (tertiary/aromatic N) is 2. The van der Waals surface area contributed by atoms with Crippen LogP contribution in [0.15, 0.2) is 54.1 Å². The summed E-state index contributed by atoms with van der Waals surface area (Å²) in [4.78, 5) is 37.4. The fourth-order valence-electron chi connectivity index (χ4n) is 3.61. The van der Waals surface area contributed by atoms with Gasteiger partial charge in [0, 0.05) is 36.4 Å². The highest BCUT2D eigenvalue weighted by atomic mass is 19.1. The number of likely N-dealkylation sites (tertiary alicyclic amines) is 1. The quantitative estimate of drug-likeness (QED) is 0.165. The molecule has 0 aliphatic carbocycles. The molecule has 0 aromatic heterocycles. The van der Waals surface area contributed by atoms with Crippen LogP contribution in [0.1, 0.15) is 37.4 Å². The van der Waals surface area contributed by atoms with Crippen LogP contribution in [0.25, 0.3) is 5.76 Å². The van der Waals surface area contributed by atoms with Crippen LogP contribution < -0.4 is 0 Å². The summed E-state index contributed by atoms with van der Waals surface area (Å²) in [7, 11) is 0. The molecule has 1 fully saturated rings. The third kappa shape index (κ3) is 4.67. The van der Waals surface area contributed by atoms with E-state index in [2.05, 4.69) is 0 Å². The number of halogens is 1. The average molecular weight is 442 g/mol. The highest BCUT2D eigenvalue weighted by Gasteiger charge is 2.46. The van der Waals surface area contributed by atoms with Gasteiger partial charge in [0.2, 0.25) is 0 Å². The second-order valence-electron chi connectivity index (χ2n) is 7.59.